The maximum absolute atomic E-state index is 12.4. The lowest BCUT2D eigenvalue weighted by molar-refractivity contribution is 0.534. The van der Waals surface area contributed by atoms with Gasteiger partial charge in [-0.2, -0.15) is 0 Å². The minimum atomic E-state index is -3.55. The largest absolute Gasteiger partial charge is 0.398 e. The second kappa shape index (κ2) is 6.39. The maximum atomic E-state index is 12.4. The molecule has 1 aromatic rings. The van der Waals surface area contributed by atoms with E-state index in [1.807, 2.05) is 19.9 Å². The van der Waals surface area contributed by atoms with E-state index in [1.54, 1.807) is 13.0 Å². The highest BCUT2D eigenvalue weighted by Gasteiger charge is 2.22. The molecule has 0 bridgehead atoms. The van der Waals surface area contributed by atoms with Crippen LogP contribution >= 0.6 is 0 Å². The molecule has 108 valence electrons. The highest BCUT2D eigenvalue weighted by molar-refractivity contribution is 7.89. The Morgan fingerprint density at radius 2 is 1.95 bits per heavy atom. The highest BCUT2D eigenvalue weighted by Crippen LogP contribution is 2.25. The van der Waals surface area contributed by atoms with Crippen molar-refractivity contribution in [3.05, 3.63) is 23.3 Å². The van der Waals surface area contributed by atoms with E-state index in [2.05, 4.69) is 11.6 Å². The molecule has 0 amide bonds. The first-order chi connectivity index (χ1) is 8.79. The second-order valence-electron chi connectivity index (χ2n) is 5.09. The van der Waals surface area contributed by atoms with E-state index in [-0.39, 0.29) is 10.9 Å². The van der Waals surface area contributed by atoms with Crippen molar-refractivity contribution in [3.8, 4) is 0 Å². The highest BCUT2D eigenvalue weighted by atomic mass is 32.2. The molecule has 0 aliphatic rings. The van der Waals surface area contributed by atoms with Crippen molar-refractivity contribution in [1.82, 2.24) is 4.72 Å². The lowest BCUT2D eigenvalue weighted by atomic mass is 10.1. The van der Waals surface area contributed by atoms with Crippen LogP contribution < -0.4 is 10.5 Å². The molecule has 1 unspecified atom stereocenters. The van der Waals surface area contributed by atoms with E-state index in [0.717, 1.165) is 30.4 Å². The Bertz CT molecular complexity index is 539. The van der Waals surface area contributed by atoms with Gasteiger partial charge in [0.25, 0.3) is 0 Å². The van der Waals surface area contributed by atoms with Gasteiger partial charge in [0.1, 0.15) is 4.90 Å². The first-order valence-electron chi connectivity index (χ1n) is 6.67. The minimum Gasteiger partial charge on any atom is -0.398 e. The third-order valence-electron chi connectivity index (χ3n) is 3.32. The average molecular weight is 284 g/mol. The fourth-order valence-corrected chi connectivity index (χ4v) is 3.77. The standard InChI is InChI=1S/C14H24N2O2S/c1-5-6-7-11(3)16-19(17,18)14-12(4)10(2)8-9-13(14)15/h8-9,11,16H,5-7,15H2,1-4H3. The fourth-order valence-electron chi connectivity index (χ4n) is 2.06. The Kier molecular flexibility index (Phi) is 5.38. The van der Waals surface area contributed by atoms with Gasteiger partial charge < -0.3 is 5.73 Å². The van der Waals surface area contributed by atoms with E-state index in [1.165, 1.54) is 0 Å². The normalized spacial score (nSPS) is 13.5. The van der Waals surface area contributed by atoms with Crippen LogP contribution in [0.5, 0.6) is 0 Å². The molecule has 0 fully saturated rings. The van der Waals surface area contributed by atoms with Gasteiger partial charge in [-0.25, -0.2) is 13.1 Å². The predicted octanol–water partition coefficient (Wildman–Crippen LogP) is 2.74. The van der Waals surface area contributed by atoms with Crippen LogP contribution in [-0.2, 0) is 10.0 Å². The molecule has 5 heteroatoms. The minimum absolute atomic E-state index is 0.0794. The van der Waals surface area contributed by atoms with Gasteiger partial charge in [-0.15, -0.1) is 0 Å². The van der Waals surface area contributed by atoms with Crippen LogP contribution in [0.1, 0.15) is 44.2 Å². The molecule has 4 nitrogen and oxygen atoms in total. The van der Waals surface area contributed by atoms with E-state index >= 15 is 0 Å². The quantitative estimate of drug-likeness (QED) is 0.789. The summed E-state index contributed by atoms with van der Waals surface area (Å²) in [7, 11) is -3.55. The molecule has 0 aliphatic carbocycles. The lowest BCUT2D eigenvalue weighted by Crippen LogP contribution is -2.33. The number of hydrogen-bond donors (Lipinski definition) is 2. The van der Waals surface area contributed by atoms with Gasteiger partial charge >= 0.3 is 0 Å². The molecule has 0 aromatic heterocycles. The van der Waals surface area contributed by atoms with Gasteiger partial charge in [-0.3, -0.25) is 0 Å². The summed E-state index contributed by atoms with van der Waals surface area (Å²) in [6.07, 6.45) is 2.89. The summed E-state index contributed by atoms with van der Waals surface area (Å²) >= 11 is 0. The van der Waals surface area contributed by atoms with Gasteiger partial charge in [-0.1, -0.05) is 25.8 Å². The van der Waals surface area contributed by atoms with Crippen LogP contribution in [0, 0.1) is 13.8 Å². The zero-order chi connectivity index (χ0) is 14.6. The Labute approximate surface area is 116 Å². The predicted molar refractivity (Wildman–Crippen MR) is 79.6 cm³/mol. The molecule has 3 N–H and O–H groups in total. The maximum Gasteiger partial charge on any atom is 0.243 e. The SMILES string of the molecule is CCCCC(C)NS(=O)(=O)c1c(N)ccc(C)c1C. The number of hydrogen-bond acceptors (Lipinski definition) is 3. The number of sulfonamides is 1. The first-order valence-corrected chi connectivity index (χ1v) is 8.16. The van der Waals surface area contributed by atoms with Crippen molar-refractivity contribution in [2.75, 3.05) is 5.73 Å². The van der Waals surface area contributed by atoms with Crippen molar-refractivity contribution in [1.29, 1.82) is 0 Å². The lowest BCUT2D eigenvalue weighted by Gasteiger charge is -2.17. The monoisotopic (exact) mass is 284 g/mol. The summed E-state index contributed by atoms with van der Waals surface area (Å²) in [5, 5.41) is 0. The first kappa shape index (κ1) is 16.0. The van der Waals surface area contributed by atoms with Gasteiger partial charge in [-0.05, 0) is 44.4 Å². The summed E-state index contributed by atoms with van der Waals surface area (Å²) in [5.41, 5.74) is 7.78. The van der Waals surface area contributed by atoms with Gasteiger partial charge in [0.05, 0.1) is 5.69 Å². The molecule has 19 heavy (non-hydrogen) atoms. The smallest absolute Gasteiger partial charge is 0.243 e. The van der Waals surface area contributed by atoms with Crippen LogP contribution in [0.25, 0.3) is 0 Å². The third-order valence-corrected chi connectivity index (χ3v) is 5.11. The number of benzene rings is 1. The van der Waals surface area contributed by atoms with Crippen molar-refractivity contribution >= 4 is 15.7 Å². The second-order valence-corrected chi connectivity index (χ2v) is 6.74. The number of nitrogen functional groups attached to an aromatic ring is 1. The molecular formula is C14H24N2O2S. The molecule has 0 aliphatic heterocycles. The zero-order valence-electron chi connectivity index (χ0n) is 12.2. The molecule has 1 aromatic carbocycles. The number of nitrogens with one attached hydrogen (secondary N) is 1. The van der Waals surface area contributed by atoms with Crippen LogP contribution in [0.15, 0.2) is 17.0 Å². The number of nitrogens with two attached hydrogens (primary N) is 1. The Balaban J connectivity index is 3.04. The van der Waals surface area contributed by atoms with E-state index in [0.29, 0.717) is 5.69 Å². The molecule has 0 saturated carbocycles. The van der Waals surface area contributed by atoms with Crippen molar-refractivity contribution in [2.45, 2.75) is 57.9 Å². The Morgan fingerprint density at radius 1 is 1.32 bits per heavy atom. The zero-order valence-corrected chi connectivity index (χ0v) is 13.0. The molecular weight excluding hydrogens is 260 g/mol. The Morgan fingerprint density at radius 3 is 2.53 bits per heavy atom. The van der Waals surface area contributed by atoms with Gasteiger partial charge in [0.15, 0.2) is 0 Å². The van der Waals surface area contributed by atoms with E-state index in [4.69, 9.17) is 5.73 Å². The van der Waals surface area contributed by atoms with Crippen LogP contribution in [0.4, 0.5) is 5.69 Å². The Hall–Kier alpha value is -1.07. The summed E-state index contributed by atoms with van der Waals surface area (Å²) < 4.78 is 27.5. The topological polar surface area (TPSA) is 72.2 Å². The van der Waals surface area contributed by atoms with Crippen LogP contribution in [-0.4, -0.2) is 14.5 Å². The molecule has 1 atom stereocenters. The van der Waals surface area contributed by atoms with E-state index < -0.39 is 10.0 Å². The van der Waals surface area contributed by atoms with Gasteiger partial charge in [0.2, 0.25) is 10.0 Å². The van der Waals surface area contributed by atoms with Crippen molar-refractivity contribution < 1.29 is 8.42 Å². The van der Waals surface area contributed by atoms with Crippen LogP contribution in [0.2, 0.25) is 0 Å². The van der Waals surface area contributed by atoms with E-state index in [9.17, 15) is 8.42 Å². The summed E-state index contributed by atoms with van der Waals surface area (Å²) in [4.78, 5) is 0.218. The number of anilines is 1. The van der Waals surface area contributed by atoms with Crippen molar-refractivity contribution in [2.24, 2.45) is 0 Å². The van der Waals surface area contributed by atoms with Gasteiger partial charge in [0, 0.05) is 6.04 Å². The van der Waals surface area contributed by atoms with Crippen LogP contribution in [0.3, 0.4) is 0 Å². The molecule has 0 radical (unpaired) electrons. The summed E-state index contributed by atoms with van der Waals surface area (Å²) in [6.45, 7) is 7.64. The number of unbranched alkanes of at least 4 members (excludes halogenated alkanes) is 1. The molecule has 0 heterocycles. The number of aryl methyl sites for hydroxylation is 1. The molecule has 1 rings (SSSR count). The molecule has 0 saturated heterocycles. The average Bonchev–Trinajstić information content (AvgIpc) is 2.31. The summed E-state index contributed by atoms with van der Waals surface area (Å²) in [6, 6.07) is 3.40. The van der Waals surface area contributed by atoms with Crippen molar-refractivity contribution in [3.63, 3.8) is 0 Å². The molecule has 0 spiro atoms. The summed E-state index contributed by atoms with van der Waals surface area (Å²) in [5.74, 6) is 0. The fraction of sp³-hybridized carbons (Fsp3) is 0.571. The third kappa shape index (κ3) is 3.94. The number of rotatable bonds is 6.